The Hall–Kier alpha value is -2.13. The first-order valence-electron chi connectivity index (χ1n) is 6.63. The van der Waals surface area contributed by atoms with E-state index in [1.165, 1.54) is 6.07 Å². The third-order valence-electron chi connectivity index (χ3n) is 3.46. The molecule has 0 N–H and O–H groups in total. The van der Waals surface area contributed by atoms with Crippen molar-refractivity contribution >= 4 is 33.9 Å². The maximum atomic E-state index is 14.0. The number of rotatable bonds is 3. The maximum Gasteiger partial charge on any atom is 0.146 e. The zero-order valence-corrected chi connectivity index (χ0v) is 12.3. The van der Waals surface area contributed by atoms with Crippen molar-refractivity contribution in [1.82, 2.24) is 4.98 Å². The second-order valence-electron chi connectivity index (χ2n) is 4.79. The van der Waals surface area contributed by atoms with Crippen LogP contribution in [0, 0.1) is 5.82 Å². The minimum absolute atomic E-state index is 0.256. The molecule has 4 heteroatoms. The summed E-state index contributed by atoms with van der Waals surface area (Å²) in [6.07, 6.45) is 0. The first-order chi connectivity index (χ1) is 10.2. The van der Waals surface area contributed by atoms with Gasteiger partial charge >= 0.3 is 0 Å². The lowest BCUT2D eigenvalue weighted by molar-refractivity contribution is 0.627. The molecule has 2 nitrogen and oxygen atoms in total. The highest BCUT2D eigenvalue weighted by molar-refractivity contribution is 6.17. The quantitative estimate of drug-likeness (QED) is 0.641. The molecular formula is C17H14ClFN2. The maximum absolute atomic E-state index is 14.0. The molecule has 1 heterocycles. The second kappa shape index (κ2) is 5.70. The molecule has 2 aromatic carbocycles. The van der Waals surface area contributed by atoms with E-state index in [0.717, 1.165) is 22.3 Å². The molecule has 0 aliphatic rings. The first kappa shape index (κ1) is 13.8. The molecule has 106 valence electrons. The smallest absolute Gasteiger partial charge is 0.146 e. The Morgan fingerprint density at radius 2 is 1.76 bits per heavy atom. The number of aromatic nitrogens is 1. The molecule has 0 bridgehead atoms. The van der Waals surface area contributed by atoms with Crippen LogP contribution >= 0.6 is 11.6 Å². The number of halogens is 2. The summed E-state index contributed by atoms with van der Waals surface area (Å²) in [6, 6.07) is 16.4. The number of nitrogens with zero attached hydrogens (tertiary/aromatic N) is 2. The predicted molar refractivity (Wildman–Crippen MR) is 85.8 cm³/mol. The first-order valence-corrected chi connectivity index (χ1v) is 7.17. The Balaban J connectivity index is 2.21. The average molecular weight is 301 g/mol. The summed E-state index contributed by atoms with van der Waals surface area (Å²) in [6.45, 7) is 0. The number of alkyl halides is 1. The molecule has 3 rings (SSSR count). The van der Waals surface area contributed by atoms with Crippen LogP contribution in [0.1, 0.15) is 5.69 Å². The molecular weight excluding hydrogens is 287 g/mol. The fourth-order valence-corrected chi connectivity index (χ4v) is 2.55. The van der Waals surface area contributed by atoms with Crippen molar-refractivity contribution in [3.63, 3.8) is 0 Å². The van der Waals surface area contributed by atoms with Crippen molar-refractivity contribution in [3.05, 3.63) is 66.1 Å². The van der Waals surface area contributed by atoms with E-state index in [0.29, 0.717) is 11.6 Å². The summed E-state index contributed by atoms with van der Waals surface area (Å²) in [5.41, 5.74) is 3.04. The van der Waals surface area contributed by atoms with E-state index in [4.69, 9.17) is 11.6 Å². The predicted octanol–water partition coefficient (Wildman–Crippen LogP) is 4.88. The van der Waals surface area contributed by atoms with Crippen molar-refractivity contribution in [2.45, 2.75) is 5.88 Å². The zero-order chi connectivity index (χ0) is 14.8. The summed E-state index contributed by atoms with van der Waals surface area (Å²) in [5, 5.41) is 0.970. The lowest BCUT2D eigenvalue weighted by Gasteiger charge is -2.22. The Labute approximate surface area is 127 Å². The number of benzene rings is 2. The third kappa shape index (κ3) is 2.57. The van der Waals surface area contributed by atoms with Crippen molar-refractivity contribution < 1.29 is 4.39 Å². The summed E-state index contributed by atoms with van der Waals surface area (Å²) < 4.78 is 14.0. The van der Waals surface area contributed by atoms with Crippen molar-refractivity contribution in [1.29, 1.82) is 0 Å². The van der Waals surface area contributed by atoms with Gasteiger partial charge in [0.05, 0.1) is 28.5 Å². The van der Waals surface area contributed by atoms with E-state index in [1.54, 1.807) is 12.1 Å². The van der Waals surface area contributed by atoms with E-state index < -0.39 is 0 Å². The van der Waals surface area contributed by atoms with E-state index in [9.17, 15) is 4.39 Å². The van der Waals surface area contributed by atoms with Crippen LogP contribution in [0.5, 0.6) is 0 Å². The molecule has 0 spiro atoms. The van der Waals surface area contributed by atoms with Gasteiger partial charge < -0.3 is 4.90 Å². The van der Waals surface area contributed by atoms with Crippen molar-refractivity contribution in [2.24, 2.45) is 0 Å². The van der Waals surface area contributed by atoms with Gasteiger partial charge in [-0.3, -0.25) is 4.98 Å². The minimum Gasteiger partial charge on any atom is -0.342 e. The molecule has 1 aromatic heterocycles. The van der Waals surface area contributed by atoms with Crippen molar-refractivity contribution in [3.8, 4) is 0 Å². The van der Waals surface area contributed by atoms with Crippen LogP contribution in [0.15, 0.2) is 54.6 Å². The van der Waals surface area contributed by atoms with Gasteiger partial charge in [-0.15, -0.1) is 11.6 Å². The normalized spacial score (nSPS) is 10.8. The molecule has 0 radical (unpaired) electrons. The molecule has 3 aromatic rings. The molecule has 0 unspecified atom stereocenters. The molecule has 0 amide bonds. The Bertz CT molecular complexity index is 789. The lowest BCUT2D eigenvalue weighted by atomic mass is 10.1. The molecule has 0 saturated carbocycles. The summed E-state index contributed by atoms with van der Waals surface area (Å²) in [5.74, 6) is 0.0662. The summed E-state index contributed by atoms with van der Waals surface area (Å²) >= 11 is 5.93. The van der Waals surface area contributed by atoms with Gasteiger partial charge in [-0.05, 0) is 24.3 Å². The molecule has 0 aliphatic carbocycles. The van der Waals surface area contributed by atoms with Crippen LogP contribution < -0.4 is 4.90 Å². The van der Waals surface area contributed by atoms with Gasteiger partial charge in [-0.2, -0.15) is 0 Å². The average Bonchev–Trinajstić information content (AvgIpc) is 2.53. The lowest BCUT2D eigenvalue weighted by Crippen LogP contribution is -2.12. The third-order valence-corrected chi connectivity index (χ3v) is 3.73. The van der Waals surface area contributed by atoms with Gasteiger partial charge in [0.2, 0.25) is 0 Å². The van der Waals surface area contributed by atoms with Crippen LogP contribution in [-0.4, -0.2) is 12.0 Å². The van der Waals surface area contributed by atoms with Gasteiger partial charge in [0, 0.05) is 12.4 Å². The monoisotopic (exact) mass is 300 g/mol. The van der Waals surface area contributed by atoms with Gasteiger partial charge in [0.15, 0.2) is 0 Å². The van der Waals surface area contributed by atoms with Crippen molar-refractivity contribution in [2.75, 3.05) is 11.9 Å². The second-order valence-corrected chi connectivity index (χ2v) is 5.06. The number of fused-ring (bicyclic) bond motifs is 1. The Kier molecular flexibility index (Phi) is 3.76. The highest BCUT2D eigenvalue weighted by atomic mass is 35.5. The largest absolute Gasteiger partial charge is 0.342 e. The number of hydrogen-bond donors (Lipinski definition) is 0. The summed E-state index contributed by atoms with van der Waals surface area (Å²) in [4.78, 5) is 6.33. The highest BCUT2D eigenvalue weighted by Crippen LogP contribution is 2.32. The zero-order valence-electron chi connectivity index (χ0n) is 11.6. The highest BCUT2D eigenvalue weighted by Gasteiger charge is 2.13. The van der Waals surface area contributed by atoms with E-state index in [1.807, 2.05) is 48.3 Å². The Morgan fingerprint density at radius 1 is 1.05 bits per heavy atom. The molecule has 21 heavy (non-hydrogen) atoms. The van der Waals surface area contributed by atoms with Crippen LogP contribution in [-0.2, 0) is 5.88 Å². The van der Waals surface area contributed by atoms with Crippen LogP contribution in [0.3, 0.4) is 0 Å². The molecule has 0 saturated heterocycles. The SMILES string of the molecule is CN(c1ccccc1F)c1cc(CCl)nc2ccccc12. The number of hydrogen-bond acceptors (Lipinski definition) is 2. The summed E-state index contributed by atoms with van der Waals surface area (Å²) in [7, 11) is 1.85. The van der Waals surface area contributed by atoms with Crippen LogP contribution in [0.2, 0.25) is 0 Å². The van der Waals surface area contributed by atoms with E-state index in [2.05, 4.69) is 4.98 Å². The van der Waals surface area contributed by atoms with Crippen LogP contribution in [0.25, 0.3) is 10.9 Å². The Morgan fingerprint density at radius 3 is 2.52 bits per heavy atom. The fraction of sp³-hybridized carbons (Fsp3) is 0.118. The van der Waals surface area contributed by atoms with Gasteiger partial charge in [-0.1, -0.05) is 30.3 Å². The standard InChI is InChI=1S/C17H14ClFN2/c1-21(16-9-5-3-7-14(16)19)17-10-12(11-18)20-15-8-4-2-6-13(15)17/h2-10H,11H2,1H3. The molecule has 0 aliphatic heterocycles. The van der Waals surface area contributed by atoms with E-state index >= 15 is 0 Å². The van der Waals surface area contributed by atoms with Gasteiger partial charge in [0.1, 0.15) is 5.82 Å². The van der Waals surface area contributed by atoms with E-state index in [-0.39, 0.29) is 5.82 Å². The van der Waals surface area contributed by atoms with Gasteiger partial charge in [0.25, 0.3) is 0 Å². The molecule has 0 fully saturated rings. The topological polar surface area (TPSA) is 16.1 Å². The minimum atomic E-state index is -0.256. The number of para-hydroxylation sites is 2. The molecule has 0 atom stereocenters. The number of pyridine rings is 1. The number of anilines is 2. The van der Waals surface area contributed by atoms with Gasteiger partial charge in [-0.25, -0.2) is 4.39 Å². The van der Waals surface area contributed by atoms with Crippen LogP contribution in [0.4, 0.5) is 15.8 Å². The fourth-order valence-electron chi connectivity index (χ4n) is 2.41.